The second-order valence-corrected chi connectivity index (χ2v) is 5.64. The first kappa shape index (κ1) is 15.3. The summed E-state index contributed by atoms with van der Waals surface area (Å²) in [5.74, 6) is -1.06. The summed E-state index contributed by atoms with van der Waals surface area (Å²) in [4.78, 5) is 24.8. The molecule has 1 aliphatic heterocycles. The number of carboxylic acids is 1. The lowest BCUT2D eigenvalue weighted by atomic mass is 9.91. The Hall–Kier alpha value is -2.05. The van der Waals surface area contributed by atoms with Crippen LogP contribution in [-0.2, 0) is 11.3 Å². The highest BCUT2D eigenvalue weighted by Crippen LogP contribution is 2.21. The van der Waals surface area contributed by atoms with E-state index in [1.54, 1.807) is 11.1 Å². The van der Waals surface area contributed by atoms with E-state index in [1.165, 1.54) is 0 Å². The number of nitrogens with one attached hydrogen (secondary N) is 1. The summed E-state index contributed by atoms with van der Waals surface area (Å²) in [7, 11) is 0. The molecule has 1 saturated heterocycles. The van der Waals surface area contributed by atoms with Crippen molar-refractivity contribution in [1.29, 1.82) is 0 Å². The Kier molecular flexibility index (Phi) is 5.19. The van der Waals surface area contributed by atoms with Gasteiger partial charge in [-0.15, -0.1) is 0 Å². The van der Waals surface area contributed by atoms with Gasteiger partial charge in [-0.2, -0.15) is 5.10 Å². The van der Waals surface area contributed by atoms with Gasteiger partial charge in [-0.3, -0.25) is 9.48 Å². The van der Waals surface area contributed by atoms with Crippen molar-refractivity contribution in [1.82, 2.24) is 20.0 Å². The average Bonchev–Trinajstić information content (AvgIpc) is 2.95. The number of hydrogen-bond acceptors (Lipinski definition) is 3. The van der Waals surface area contributed by atoms with Gasteiger partial charge >= 0.3 is 12.0 Å². The number of aliphatic carboxylic acids is 1. The Balaban J connectivity index is 1.73. The zero-order chi connectivity index (χ0) is 15.2. The first-order chi connectivity index (χ1) is 10.1. The van der Waals surface area contributed by atoms with Gasteiger partial charge in [0.05, 0.1) is 5.92 Å². The highest BCUT2D eigenvalue weighted by molar-refractivity contribution is 5.76. The third kappa shape index (κ3) is 4.47. The normalized spacial score (nSPS) is 22.0. The number of likely N-dealkylation sites (tertiary alicyclic amines) is 1. The van der Waals surface area contributed by atoms with Crippen LogP contribution in [0.2, 0.25) is 0 Å². The summed E-state index contributed by atoms with van der Waals surface area (Å²) >= 11 is 0. The smallest absolute Gasteiger partial charge is 0.317 e. The predicted octanol–water partition coefficient (Wildman–Crippen LogP) is 1.03. The molecule has 0 bridgehead atoms. The van der Waals surface area contributed by atoms with Crippen molar-refractivity contribution in [2.45, 2.75) is 26.3 Å². The third-order valence-corrected chi connectivity index (χ3v) is 3.70. The number of urea groups is 1. The monoisotopic (exact) mass is 294 g/mol. The Morgan fingerprint density at radius 1 is 1.43 bits per heavy atom. The van der Waals surface area contributed by atoms with Crippen LogP contribution in [0.25, 0.3) is 0 Å². The summed E-state index contributed by atoms with van der Waals surface area (Å²) in [5.41, 5.74) is 0. The molecule has 1 aromatic heterocycles. The number of carbonyl (C=O) groups excluding carboxylic acids is 1. The Morgan fingerprint density at radius 3 is 2.90 bits per heavy atom. The van der Waals surface area contributed by atoms with Crippen molar-refractivity contribution in [3.05, 3.63) is 18.5 Å². The fourth-order valence-corrected chi connectivity index (χ4v) is 2.68. The number of aryl methyl sites for hydroxylation is 1. The minimum atomic E-state index is -0.821. The highest BCUT2D eigenvalue weighted by Gasteiger charge is 2.31. The van der Waals surface area contributed by atoms with Crippen LogP contribution in [0.4, 0.5) is 4.79 Å². The fraction of sp³-hybridized carbons (Fsp3) is 0.643. The number of carboxylic acid groups (broad SMARTS) is 1. The van der Waals surface area contributed by atoms with E-state index in [0.717, 1.165) is 13.0 Å². The van der Waals surface area contributed by atoms with Crippen LogP contribution >= 0.6 is 0 Å². The van der Waals surface area contributed by atoms with Crippen molar-refractivity contribution < 1.29 is 14.7 Å². The molecule has 0 aliphatic carbocycles. The van der Waals surface area contributed by atoms with Gasteiger partial charge in [0.25, 0.3) is 0 Å². The molecule has 2 rings (SSSR count). The van der Waals surface area contributed by atoms with Gasteiger partial charge in [-0.25, -0.2) is 4.79 Å². The lowest BCUT2D eigenvalue weighted by Gasteiger charge is -2.34. The lowest BCUT2D eigenvalue weighted by molar-refractivity contribution is -0.143. The van der Waals surface area contributed by atoms with Crippen LogP contribution < -0.4 is 5.32 Å². The summed E-state index contributed by atoms with van der Waals surface area (Å²) in [6, 6.07) is 1.69. The quantitative estimate of drug-likeness (QED) is 0.794. The van der Waals surface area contributed by atoms with Crippen LogP contribution in [0.5, 0.6) is 0 Å². The number of nitrogens with zero attached hydrogens (tertiary/aromatic N) is 3. The fourth-order valence-electron chi connectivity index (χ4n) is 2.68. The molecule has 2 atom stereocenters. The molecule has 116 valence electrons. The Morgan fingerprint density at radius 2 is 2.24 bits per heavy atom. The summed E-state index contributed by atoms with van der Waals surface area (Å²) in [6.45, 7) is 4.20. The maximum atomic E-state index is 12.1. The Labute approximate surface area is 123 Å². The van der Waals surface area contributed by atoms with Crippen LogP contribution in [0.3, 0.4) is 0 Å². The summed E-state index contributed by atoms with van der Waals surface area (Å²) in [6.07, 6.45) is 5.03. The van der Waals surface area contributed by atoms with Crippen LogP contribution in [0.15, 0.2) is 18.5 Å². The molecule has 2 heterocycles. The minimum absolute atomic E-state index is 0.173. The largest absolute Gasteiger partial charge is 0.481 e. The van der Waals surface area contributed by atoms with E-state index < -0.39 is 11.9 Å². The maximum Gasteiger partial charge on any atom is 0.317 e. The molecule has 2 amide bonds. The number of amides is 2. The highest BCUT2D eigenvalue weighted by atomic mass is 16.4. The predicted molar refractivity (Wildman–Crippen MR) is 76.7 cm³/mol. The van der Waals surface area contributed by atoms with E-state index in [0.29, 0.717) is 26.1 Å². The minimum Gasteiger partial charge on any atom is -0.481 e. The number of hydrogen-bond donors (Lipinski definition) is 2. The van der Waals surface area contributed by atoms with Crippen molar-refractivity contribution in [3.63, 3.8) is 0 Å². The van der Waals surface area contributed by atoms with Gasteiger partial charge < -0.3 is 15.3 Å². The van der Waals surface area contributed by atoms with Crippen molar-refractivity contribution in [3.8, 4) is 0 Å². The summed E-state index contributed by atoms with van der Waals surface area (Å²) in [5, 5.41) is 16.0. The van der Waals surface area contributed by atoms with E-state index in [2.05, 4.69) is 10.4 Å². The van der Waals surface area contributed by atoms with Gasteiger partial charge in [-0.05, 0) is 24.8 Å². The molecule has 7 heteroatoms. The van der Waals surface area contributed by atoms with Crippen molar-refractivity contribution >= 4 is 12.0 Å². The molecule has 2 unspecified atom stereocenters. The molecule has 21 heavy (non-hydrogen) atoms. The number of aromatic nitrogens is 2. The molecule has 0 spiro atoms. The number of rotatable bonds is 5. The summed E-state index contributed by atoms with van der Waals surface area (Å²) < 4.78 is 1.82. The molecule has 7 nitrogen and oxygen atoms in total. The molecule has 1 aromatic rings. The van der Waals surface area contributed by atoms with Gasteiger partial charge in [-0.1, -0.05) is 6.92 Å². The van der Waals surface area contributed by atoms with E-state index in [9.17, 15) is 9.59 Å². The first-order valence-corrected chi connectivity index (χ1v) is 7.29. The second kappa shape index (κ2) is 7.10. The first-order valence-electron chi connectivity index (χ1n) is 7.29. The van der Waals surface area contributed by atoms with Gasteiger partial charge in [0, 0.05) is 38.6 Å². The standard InChI is InChI=1S/C14H22N4O3/c1-11-8-12(13(19)20)10-17(9-11)14(21)15-4-2-6-18-7-3-5-16-18/h3,5,7,11-12H,2,4,6,8-10H2,1H3,(H,15,21)(H,19,20). The molecule has 0 aromatic carbocycles. The number of carbonyl (C=O) groups is 2. The lowest BCUT2D eigenvalue weighted by Crippen LogP contribution is -2.49. The van der Waals surface area contributed by atoms with Gasteiger partial charge in [0.2, 0.25) is 0 Å². The average molecular weight is 294 g/mol. The SMILES string of the molecule is CC1CC(C(=O)O)CN(C(=O)NCCCn2cccn2)C1. The van der Waals surface area contributed by atoms with Crippen molar-refractivity contribution in [2.24, 2.45) is 11.8 Å². The van der Waals surface area contributed by atoms with Crippen LogP contribution in [0, 0.1) is 11.8 Å². The van der Waals surface area contributed by atoms with Gasteiger partial charge in [0.1, 0.15) is 0 Å². The zero-order valence-corrected chi connectivity index (χ0v) is 12.2. The molecule has 0 saturated carbocycles. The van der Waals surface area contributed by atoms with E-state index in [-0.39, 0.29) is 11.9 Å². The molecular formula is C14H22N4O3. The van der Waals surface area contributed by atoms with E-state index in [1.807, 2.05) is 23.9 Å². The molecule has 0 radical (unpaired) electrons. The van der Waals surface area contributed by atoms with Gasteiger partial charge in [0.15, 0.2) is 0 Å². The topological polar surface area (TPSA) is 87.5 Å². The van der Waals surface area contributed by atoms with Crippen molar-refractivity contribution in [2.75, 3.05) is 19.6 Å². The van der Waals surface area contributed by atoms with E-state index >= 15 is 0 Å². The van der Waals surface area contributed by atoms with Crippen LogP contribution in [-0.4, -0.2) is 51.4 Å². The molecule has 1 aliphatic rings. The molecule has 1 fully saturated rings. The van der Waals surface area contributed by atoms with E-state index in [4.69, 9.17) is 5.11 Å². The number of piperidine rings is 1. The molecule has 2 N–H and O–H groups in total. The third-order valence-electron chi connectivity index (χ3n) is 3.70. The maximum absolute atomic E-state index is 12.1. The zero-order valence-electron chi connectivity index (χ0n) is 12.2. The van der Waals surface area contributed by atoms with Crippen LogP contribution in [0.1, 0.15) is 19.8 Å². The Bertz CT molecular complexity index is 475. The molecular weight excluding hydrogens is 272 g/mol. The second-order valence-electron chi connectivity index (χ2n) is 5.64.